The third-order valence-electron chi connectivity index (χ3n) is 4.52. The molecule has 0 bridgehead atoms. The van der Waals surface area contributed by atoms with E-state index in [0.717, 1.165) is 5.56 Å². The van der Waals surface area contributed by atoms with E-state index in [9.17, 15) is 9.18 Å². The predicted molar refractivity (Wildman–Crippen MR) is 110 cm³/mol. The van der Waals surface area contributed by atoms with Crippen molar-refractivity contribution in [1.29, 1.82) is 0 Å². The van der Waals surface area contributed by atoms with Gasteiger partial charge in [-0.2, -0.15) is 0 Å². The number of fused-ring (bicyclic) bond motifs is 1. The second-order valence-electron chi connectivity index (χ2n) is 6.45. The Morgan fingerprint density at radius 2 is 1.86 bits per heavy atom. The molecule has 2 aromatic heterocycles. The van der Waals surface area contributed by atoms with Gasteiger partial charge in [0.1, 0.15) is 5.82 Å². The summed E-state index contributed by atoms with van der Waals surface area (Å²) in [6, 6.07) is 17.7. The number of para-hydroxylation sites is 1. The molecule has 1 atom stereocenters. The first kappa shape index (κ1) is 18.4. The van der Waals surface area contributed by atoms with Crippen LogP contribution in [0.4, 0.5) is 4.39 Å². The van der Waals surface area contributed by atoms with E-state index in [-0.39, 0.29) is 16.6 Å². The molecule has 6 heteroatoms. The Kier molecular flexibility index (Phi) is 5.21. The number of thioether (sulfide) groups is 1. The molecule has 28 heavy (non-hydrogen) atoms. The van der Waals surface area contributed by atoms with E-state index in [4.69, 9.17) is 4.98 Å². The van der Waals surface area contributed by atoms with E-state index in [1.807, 2.05) is 43.3 Å². The minimum Gasteiger partial charge on any atom is -0.283 e. The van der Waals surface area contributed by atoms with Crippen LogP contribution in [0.2, 0.25) is 0 Å². The molecular weight excluding hydrogens is 373 g/mol. The Hall–Kier alpha value is -2.99. The Labute approximate surface area is 166 Å². The van der Waals surface area contributed by atoms with Gasteiger partial charge in [-0.1, -0.05) is 48.2 Å². The molecule has 2 heterocycles. The first-order valence-corrected chi connectivity index (χ1v) is 9.81. The van der Waals surface area contributed by atoms with Gasteiger partial charge in [-0.3, -0.25) is 14.3 Å². The average Bonchev–Trinajstić information content (AvgIpc) is 2.72. The highest BCUT2D eigenvalue weighted by Crippen LogP contribution is 2.35. The second kappa shape index (κ2) is 7.94. The molecule has 0 aliphatic rings. The molecule has 4 rings (SSSR count). The Balaban J connectivity index is 1.80. The van der Waals surface area contributed by atoms with Crippen molar-refractivity contribution in [1.82, 2.24) is 14.5 Å². The van der Waals surface area contributed by atoms with Gasteiger partial charge < -0.3 is 0 Å². The van der Waals surface area contributed by atoms with Crippen LogP contribution >= 0.6 is 11.8 Å². The van der Waals surface area contributed by atoms with Crippen LogP contribution in [0.15, 0.2) is 83.0 Å². The summed E-state index contributed by atoms with van der Waals surface area (Å²) in [6.07, 6.45) is 3.43. The monoisotopic (exact) mass is 391 g/mol. The highest BCUT2D eigenvalue weighted by atomic mass is 32.2. The van der Waals surface area contributed by atoms with Crippen LogP contribution in [0.3, 0.4) is 0 Å². The number of hydrogen-bond donors (Lipinski definition) is 0. The van der Waals surface area contributed by atoms with Gasteiger partial charge in [0, 0.05) is 23.2 Å². The molecule has 0 aliphatic heterocycles. The van der Waals surface area contributed by atoms with E-state index in [0.29, 0.717) is 28.2 Å². The minimum atomic E-state index is -0.260. The molecule has 0 fully saturated rings. The van der Waals surface area contributed by atoms with Gasteiger partial charge in [-0.25, -0.2) is 9.37 Å². The number of nitrogens with zero attached hydrogens (tertiary/aromatic N) is 3. The van der Waals surface area contributed by atoms with Gasteiger partial charge >= 0.3 is 0 Å². The Morgan fingerprint density at radius 3 is 2.64 bits per heavy atom. The fourth-order valence-corrected chi connectivity index (χ4v) is 4.14. The van der Waals surface area contributed by atoms with E-state index in [1.54, 1.807) is 35.2 Å². The normalized spacial score (nSPS) is 12.2. The van der Waals surface area contributed by atoms with Crippen molar-refractivity contribution >= 4 is 22.7 Å². The number of aromatic nitrogens is 3. The van der Waals surface area contributed by atoms with Crippen LogP contribution in [-0.2, 0) is 6.54 Å². The maximum absolute atomic E-state index is 14.2. The third kappa shape index (κ3) is 3.68. The largest absolute Gasteiger partial charge is 0.283 e. The fourth-order valence-electron chi connectivity index (χ4n) is 3.08. The number of rotatable bonds is 5. The Bertz CT molecular complexity index is 1180. The zero-order chi connectivity index (χ0) is 19.5. The summed E-state index contributed by atoms with van der Waals surface area (Å²) in [7, 11) is 0. The second-order valence-corrected chi connectivity index (χ2v) is 7.75. The smallest absolute Gasteiger partial charge is 0.262 e. The van der Waals surface area contributed by atoms with Crippen LogP contribution < -0.4 is 5.56 Å². The SMILES string of the molecule is CC(Sc1nc2ccccc2c(=O)n1Cc1cccnc1)c1ccccc1F. The van der Waals surface area contributed by atoms with Crippen molar-refractivity contribution in [3.8, 4) is 0 Å². The van der Waals surface area contributed by atoms with Gasteiger partial charge in [0.15, 0.2) is 5.16 Å². The van der Waals surface area contributed by atoms with Crippen molar-refractivity contribution in [3.63, 3.8) is 0 Å². The number of benzene rings is 2. The van der Waals surface area contributed by atoms with E-state index in [1.165, 1.54) is 17.8 Å². The maximum Gasteiger partial charge on any atom is 0.262 e. The van der Waals surface area contributed by atoms with E-state index in [2.05, 4.69) is 4.98 Å². The summed E-state index contributed by atoms with van der Waals surface area (Å²) >= 11 is 1.38. The minimum absolute atomic E-state index is 0.113. The molecule has 2 aromatic carbocycles. The van der Waals surface area contributed by atoms with Gasteiger partial charge in [-0.15, -0.1) is 0 Å². The number of halogens is 1. The van der Waals surface area contributed by atoms with Crippen LogP contribution in [0, 0.1) is 5.82 Å². The van der Waals surface area contributed by atoms with Crippen molar-refractivity contribution < 1.29 is 4.39 Å². The zero-order valence-corrected chi connectivity index (χ0v) is 16.1. The van der Waals surface area contributed by atoms with Crippen LogP contribution in [0.25, 0.3) is 10.9 Å². The first-order valence-electron chi connectivity index (χ1n) is 8.93. The topological polar surface area (TPSA) is 47.8 Å². The molecule has 4 aromatic rings. The van der Waals surface area contributed by atoms with Gasteiger partial charge in [0.25, 0.3) is 5.56 Å². The van der Waals surface area contributed by atoms with E-state index >= 15 is 0 Å². The molecule has 0 aliphatic carbocycles. The molecule has 4 nitrogen and oxygen atoms in total. The Morgan fingerprint density at radius 1 is 1.07 bits per heavy atom. The summed E-state index contributed by atoms with van der Waals surface area (Å²) in [5.41, 5.74) is 2.01. The van der Waals surface area contributed by atoms with Crippen LogP contribution in [-0.4, -0.2) is 14.5 Å². The van der Waals surface area contributed by atoms with Gasteiger partial charge in [-0.05, 0) is 36.8 Å². The van der Waals surface area contributed by atoms with Crippen molar-refractivity contribution in [2.24, 2.45) is 0 Å². The molecule has 0 saturated heterocycles. The predicted octanol–water partition coefficient (Wildman–Crippen LogP) is 4.83. The third-order valence-corrected chi connectivity index (χ3v) is 5.65. The van der Waals surface area contributed by atoms with Gasteiger partial charge in [0.05, 0.1) is 17.4 Å². The maximum atomic E-state index is 14.2. The van der Waals surface area contributed by atoms with Crippen molar-refractivity contribution in [2.45, 2.75) is 23.9 Å². The standard InChI is InChI=1S/C22H18FN3OS/c1-15(17-8-2-4-10-19(17)23)28-22-25-20-11-5-3-9-18(20)21(27)26(22)14-16-7-6-12-24-13-16/h2-13,15H,14H2,1H3. The lowest BCUT2D eigenvalue weighted by molar-refractivity contribution is 0.609. The lowest BCUT2D eigenvalue weighted by Crippen LogP contribution is -2.24. The summed E-state index contributed by atoms with van der Waals surface area (Å²) < 4.78 is 15.9. The zero-order valence-electron chi connectivity index (χ0n) is 15.2. The highest BCUT2D eigenvalue weighted by molar-refractivity contribution is 7.99. The van der Waals surface area contributed by atoms with Crippen molar-refractivity contribution in [2.75, 3.05) is 0 Å². The lowest BCUT2D eigenvalue weighted by atomic mass is 10.1. The summed E-state index contributed by atoms with van der Waals surface area (Å²) in [5.74, 6) is -0.260. The van der Waals surface area contributed by atoms with Crippen LogP contribution in [0.5, 0.6) is 0 Å². The lowest BCUT2D eigenvalue weighted by Gasteiger charge is -2.17. The molecule has 0 radical (unpaired) electrons. The number of pyridine rings is 1. The summed E-state index contributed by atoms with van der Waals surface area (Å²) in [5, 5.41) is 0.923. The molecular formula is C22H18FN3OS. The van der Waals surface area contributed by atoms with Gasteiger partial charge in [0.2, 0.25) is 0 Å². The quantitative estimate of drug-likeness (QED) is 0.361. The molecule has 140 valence electrons. The molecule has 0 saturated carbocycles. The molecule has 1 unspecified atom stereocenters. The summed E-state index contributed by atoms with van der Waals surface area (Å²) in [4.78, 5) is 22.0. The molecule has 0 spiro atoms. The average molecular weight is 391 g/mol. The van der Waals surface area contributed by atoms with E-state index < -0.39 is 0 Å². The fraction of sp³-hybridized carbons (Fsp3) is 0.136. The molecule has 0 N–H and O–H groups in total. The number of hydrogen-bond acceptors (Lipinski definition) is 4. The highest BCUT2D eigenvalue weighted by Gasteiger charge is 2.18. The summed E-state index contributed by atoms with van der Waals surface area (Å²) in [6.45, 7) is 2.27. The first-order chi connectivity index (χ1) is 13.6. The van der Waals surface area contributed by atoms with Crippen molar-refractivity contribution in [3.05, 3.63) is 100 Å². The molecule has 0 amide bonds. The van der Waals surface area contributed by atoms with Crippen LogP contribution in [0.1, 0.15) is 23.3 Å².